The first kappa shape index (κ1) is 52.4. The highest BCUT2D eigenvalue weighted by Crippen LogP contribution is 2.17. The maximum atomic E-state index is 12.7. The fourth-order valence-corrected chi connectivity index (χ4v) is 7.11. The van der Waals surface area contributed by atoms with Gasteiger partial charge in [-0.15, -0.1) is 0 Å². The molecule has 0 aliphatic heterocycles. The molecule has 0 aromatic rings. The second kappa shape index (κ2) is 41.1. The molecule has 0 fully saturated rings. The molecule has 0 aromatic carbocycles. The van der Waals surface area contributed by atoms with E-state index in [-0.39, 0.29) is 31.1 Å². The van der Waals surface area contributed by atoms with Crippen LogP contribution in [0.5, 0.6) is 0 Å². The van der Waals surface area contributed by atoms with Crippen LogP contribution in [-0.4, -0.2) is 37.2 Å². The summed E-state index contributed by atoms with van der Waals surface area (Å²) < 4.78 is 16.7. The van der Waals surface area contributed by atoms with Crippen LogP contribution in [0.2, 0.25) is 0 Å². The quantitative estimate of drug-likeness (QED) is 0.0350. The summed E-state index contributed by atoms with van der Waals surface area (Å²) in [6.45, 7) is 11.3. The fourth-order valence-electron chi connectivity index (χ4n) is 7.11. The van der Waals surface area contributed by atoms with Gasteiger partial charge in [0.2, 0.25) is 0 Å². The molecule has 0 saturated carbocycles. The molecule has 0 aliphatic rings. The number of carbonyl (C=O) groups is 3. The zero-order valence-electron chi connectivity index (χ0n) is 36.8. The van der Waals surface area contributed by atoms with Gasteiger partial charge in [-0.3, -0.25) is 14.4 Å². The van der Waals surface area contributed by atoms with E-state index in [1.807, 2.05) is 0 Å². The van der Waals surface area contributed by atoms with Gasteiger partial charge in [0.05, 0.1) is 0 Å². The van der Waals surface area contributed by atoms with E-state index < -0.39 is 6.10 Å². The lowest BCUT2D eigenvalue weighted by Gasteiger charge is -2.18. The molecule has 1 atom stereocenters. The molecule has 0 heterocycles. The molecule has 320 valence electrons. The molecule has 0 radical (unpaired) electrons. The van der Waals surface area contributed by atoms with Crippen LogP contribution in [0.4, 0.5) is 0 Å². The van der Waals surface area contributed by atoms with Crippen molar-refractivity contribution in [3.63, 3.8) is 0 Å². The first-order valence-corrected chi connectivity index (χ1v) is 23.7. The Labute approximate surface area is 336 Å². The van der Waals surface area contributed by atoms with E-state index in [0.29, 0.717) is 19.3 Å². The number of hydrogen-bond acceptors (Lipinski definition) is 6. The Morgan fingerprint density at radius 3 is 0.907 bits per heavy atom. The molecule has 0 aliphatic carbocycles. The van der Waals surface area contributed by atoms with E-state index >= 15 is 0 Å². The van der Waals surface area contributed by atoms with Crippen molar-refractivity contribution < 1.29 is 28.6 Å². The third-order valence-corrected chi connectivity index (χ3v) is 10.7. The summed E-state index contributed by atoms with van der Waals surface area (Å²) in [5.41, 5.74) is 0. The van der Waals surface area contributed by atoms with Gasteiger partial charge in [-0.05, 0) is 31.1 Å². The van der Waals surface area contributed by atoms with Crippen molar-refractivity contribution >= 4 is 17.9 Å². The number of ether oxygens (including phenoxy) is 3. The monoisotopic (exact) mass is 765 g/mol. The number of hydrogen-bond donors (Lipinski definition) is 0. The smallest absolute Gasteiger partial charge is 0.306 e. The lowest BCUT2D eigenvalue weighted by Crippen LogP contribution is -2.30. The van der Waals surface area contributed by atoms with Crippen molar-refractivity contribution in [3.8, 4) is 0 Å². The van der Waals surface area contributed by atoms with Gasteiger partial charge >= 0.3 is 17.9 Å². The molecule has 6 heteroatoms. The van der Waals surface area contributed by atoms with Gasteiger partial charge in [0.25, 0.3) is 0 Å². The summed E-state index contributed by atoms with van der Waals surface area (Å²) in [6, 6.07) is 0. The molecule has 0 rings (SSSR count). The van der Waals surface area contributed by atoms with E-state index in [1.54, 1.807) is 0 Å². The Hall–Kier alpha value is -1.59. The van der Waals surface area contributed by atoms with E-state index in [0.717, 1.165) is 69.6 Å². The fraction of sp³-hybridized carbons (Fsp3) is 0.938. The van der Waals surface area contributed by atoms with Crippen LogP contribution in [0.15, 0.2) is 0 Å². The molecular formula is C48H92O6. The molecule has 0 unspecified atom stereocenters. The molecule has 6 nitrogen and oxygen atoms in total. The summed E-state index contributed by atoms with van der Waals surface area (Å²) in [6.07, 6.45) is 39.5. The number of carbonyl (C=O) groups excluding carboxylic acids is 3. The standard InChI is InChI=1S/C48H92O6/c1-6-7-8-9-10-16-25-30-35-40-48(51)54-45(42-53-47(50)39-34-29-24-20-15-14-18-22-27-32-37-44(4)5)41-52-46(49)38-33-28-23-19-13-11-12-17-21-26-31-36-43(2)3/h43-45H,6-42H2,1-5H3/t45-/m1/s1. The molecular weight excluding hydrogens is 673 g/mol. The third kappa shape index (κ3) is 41.6. The maximum absolute atomic E-state index is 12.7. The average molecular weight is 765 g/mol. The van der Waals surface area contributed by atoms with Crippen molar-refractivity contribution in [1.82, 2.24) is 0 Å². The van der Waals surface area contributed by atoms with Crippen LogP contribution in [0.3, 0.4) is 0 Å². The van der Waals surface area contributed by atoms with Crippen LogP contribution in [0, 0.1) is 11.8 Å². The average Bonchev–Trinajstić information content (AvgIpc) is 3.14. The highest BCUT2D eigenvalue weighted by molar-refractivity contribution is 5.71. The normalized spacial score (nSPS) is 12.1. The lowest BCUT2D eigenvalue weighted by molar-refractivity contribution is -0.167. The summed E-state index contributed by atoms with van der Waals surface area (Å²) in [4.78, 5) is 37.7. The lowest BCUT2D eigenvalue weighted by atomic mass is 10.0. The first-order chi connectivity index (χ1) is 26.2. The highest BCUT2D eigenvalue weighted by atomic mass is 16.6. The van der Waals surface area contributed by atoms with Crippen LogP contribution >= 0.6 is 0 Å². The largest absolute Gasteiger partial charge is 0.462 e. The Kier molecular flexibility index (Phi) is 39.8. The van der Waals surface area contributed by atoms with Crippen LogP contribution in [-0.2, 0) is 28.6 Å². The molecule has 0 saturated heterocycles. The van der Waals surface area contributed by atoms with Crippen molar-refractivity contribution in [3.05, 3.63) is 0 Å². The molecule has 0 bridgehead atoms. The Morgan fingerprint density at radius 2 is 0.611 bits per heavy atom. The van der Waals surface area contributed by atoms with Crippen molar-refractivity contribution in [2.75, 3.05) is 13.2 Å². The predicted octanol–water partition coefficient (Wildman–Crippen LogP) is 15.0. The van der Waals surface area contributed by atoms with Gasteiger partial charge in [-0.25, -0.2) is 0 Å². The number of esters is 3. The van der Waals surface area contributed by atoms with Gasteiger partial charge in [0, 0.05) is 19.3 Å². The highest BCUT2D eigenvalue weighted by Gasteiger charge is 2.19. The summed E-state index contributed by atoms with van der Waals surface area (Å²) in [5, 5.41) is 0. The second-order valence-electron chi connectivity index (χ2n) is 17.3. The van der Waals surface area contributed by atoms with E-state index in [9.17, 15) is 14.4 Å². The first-order valence-electron chi connectivity index (χ1n) is 23.7. The topological polar surface area (TPSA) is 78.9 Å². The predicted molar refractivity (Wildman–Crippen MR) is 229 cm³/mol. The van der Waals surface area contributed by atoms with Gasteiger partial charge < -0.3 is 14.2 Å². The number of unbranched alkanes of at least 4 members (excludes halogenated alkanes) is 27. The molecule has 0 spiro atoms. The maximum Gasteiger partial charge on any atom is 0.306 e. The van der Waals surface area contributed by atoms with Crippen molar-refractivity contribution in [1.29, 1.82) is 0 Å². The van der Waals surface area contributed by atoms with E-state index in [2.05, 4.69) is 34.6 Å². The molecule has 54 heavy (non-hydrogen) atoms. The SMILES string of the molecule is CCCCCCCCCCCC(=O)O[C@H](COC(=O)CCCCCCCCCCCCCC(C)C)COC(=O)CCCCCCCCCCCCC(C)C. The zero-order valence-corrected chi connectivity index (χ0v) is 36.8. The number of rotatable bonds is 42. The van der Waals surface area contributed by atoms with Crippen LogP contribution in [0.25, 0.3) is 0 Å². The molecule has 0 N–H and O–H groups in total. The summed E-state index contributed by atoms with van der Waals surface area (Å²) >= 11 is 0. The van der Waals surface area contributed by atoms with Gasteiger partial charge in [0.15, 0.2) is 6.10 Å². The Balaban J connectivity index is 4.29. The Bertz CT molecular complexity index is 824. The zero-order chi connectivity index (χ0) is 39.7. The van der Waals surface area contributed by atoms with Crippen molar-refractivity contribution in [2.24, 2.45) is 11.8 Å². The summed E-state index contributed by atoms with van der Waals surface area (Å²) in [7, 11) is 0. The Morgan fingerprint density at radius 1 is 0.352 bits per heavy atom. The molecule has 0 aromatic heterocycles. The van der Waals surface area contributed by atoms with Crippen LogP contribution < -0.4 is 0 Å². The van der Waals surface area contributed by atoms with E-state index in [4.69, 9.17) is 14.2 Å². The van der Waals surface area contributed by atoms with Gasteiger partial charge in [-0.2, -0.15) is 0 Å². The van der Waals surface area contributed by atoms with Crippen LogP contribution in [0.1, 0.15) is 259 Å². The minimum Gasteiger partial charge on any atom is -0.462 e. The summed E-state index contributed by atoms with van der Waals surface area (Å²) in [5.74, 6) is 0.788. The second-order valence-corrected chi connectivity index (χ2v) is 17.3. The van der Waals surface area contributed by atoms with Gasteiger partial charge in [-0.1, -0.05) is 221 Å². The minimum absolute atomic E-state index is 0.0647. The molecule has 0 amide bonds. The van der Waals surface area contributed by atoms with Gasteiger partial charge in [0.1, 0.15) is 13.2 Å². The van der Waals surface area contributed by atoms with Crippen molar-refractivity contribution in [2.45, 2.75) is 265 Å². The van der Waals surface area contributed by atoms with E-state index in [1.165, 1.54) is 148 Å². The minimum atomic E-state index is -0.760. The third-order valence-electron chi connectivity index (χ3n) is 10.7.